The van der Waals surface area contributed by atoms with Crippen molar-refractivity contribution in [2.24, 2.45) is 0 Å². The third kappa shape index (κ3) is 4.40. The van der Waals surface area contributed by atoms with Gasteiger partial charge in [-0.1, -0.05) is 18.2 Å². The van der Waals surface area contributed by atoms with Gasteiger partial charge in [-0.25, -0.2) is 4.79 Å². The highest BCUT2D eigenvalue weighted by Crippen LogP contribution is 2.20. The van der Waals surface area contributed by atoms with Gasteiger partial charge >= 0.3 is 5.97 Å². The SMILES string of the molecule is COC(=O)c1ccccc1NC(=O)c1cccc(OC[C@@H]2CCCO2)c1. The summed E-state index contributed by atoms with van der Waals surface area (Å²) in [5.74, 6) is -0.229. The minimum Gasteiger partial charge on any atom is -0.491 e. The summed E-state index contributed by atoms with van der Waals surface area (Å²) in [5.41, 5.74) is 1.14. The third-order valence-corrected chi connectivity index (χ3v) is 4.14. The molecular formula is C20H21NO5. The molecule has 0 saturated carbocycles. The largest absolute Gasteiger partial charge is 0.491 e. The Morgan fingerprint density at radius 1 is 1.19 bits per heavy atom. The Hall–Kier alpha value is -2.86. The number of hydrogen-bond acceptors (Lipinski definition) is 5. The molecule has 0 radical (unpaired) electrons. The van der Waals surface area contributed by atoms with Crippen molar-refractivity contribution in [2.75, 3.05) is 25.6 Å². The van der Waals surface area contributed by atoms with Gasteiger partial charge in [-0.15, -0.1) is 0 Å². The van der Waals surface area contributed by atoms with Crippen molar-refractivity contribution in [1.29, 1.82) is 0 Å². The Kier molecular flexibility index (Phi) is 5.86. The van der Waals surface area contributed by atoms with E-state index in [9.17, 15) is 9.59 Å². The van der Waals surface area contributed by atoms with Crippen molar-refractivity contribution in [2.45, 2.75) is 18.9 Å². The molecule has 0 spiro atoms. The molecule has 0 unspecified atom stereocenters. The zero-order valence-corrected chi connectivity index (χ0v) is 14.6. The second-order valence-electron chi connectivity index (χ2n) is 5.97. The van der Waals surface area contributed by atoms with E-state index in [2.05, 4.69) is 5.32 Å². The minimum atomic E-state index is -0.505. The zero-order valence-electron chi connectivity index (χ0n) is 14.6. The topological polar surface area (TPSA) is 73.9 Å². The van der Waals surface area contributed by atoms with E-state index in [0.717, 1.165) is 19.4 Å². The summed E-state index contributed by atoms with van der Waals surface area (Å²) in [6.07, 6.45) is 2.15. The number of benzene rings is 2. The number of carbonyl (C=O) groups excluding carboxylic acids is 2. The molecule has 6 nitrogen and oxygen atoms in total. The normalized spacial score (nSPS) is 16.1. The number of hydrogen-bond donors (Lipinski definition) is 1. The smallest absolute Gasteiger partial charge is 0.339 e. The lowest BCUT2D eigenvalue weighted by Crippen LogP contribution is -2.17. The lowest BCUT2D eigenvalue weighted by Gasteiger charge is -2.13. The van der Waals surface area contributed by atoms with Crippen LogP contribution in [0.15, 0.2) is 48.5 Å². The number of nitrogens with one attached hydrogen (secondary N) is 1. The minimum absolute atomic E-state index is 0.111. The molecule has 2 aromatic rings. The third-order valence-electron chi connectivity index (χ3n) is 4.14. The number of para-hydroxylation sites is 1. The molecule has 0 bridgehead atoms. The maximum atomic E-state index is 12.5. The van der Waals surface area contributed by atoms with E-state index in [1.807, 2.05) is 0 Å². The molecule has 2 aromatic carbocycles. The van der Waals surface area contributed by atoms with Crippen LogP contribution in [0.2, 0.25) is 0 Å². The first-order chi connectivity index (χ1) is 12.7. The molecular weight excluding hydrogens is 334 g/mol. The molecule has 1 atom stereocenters. The van der Waals surface area contributed by atoms with E-state index in [1.165, 1.54) is 7.11 Å². The van der Waals surface area contributed by atoms with Crippen LogP contribution in [0.4, 0.5) is 5.69 Å². The zero-order chi connectivity index (χ0) is 18.4. The highest BCUT2D eigenvalue weighted by atomic mass is 16.5. The van der Waals surface area contributed by atoms with Crippen molar-refractivity contribution >= 4 is 17.6 Å². The molecule has 3 rings (SSSR count). The van der Waals surface area contributed by atoms with E-state index in [0.29, 0.717) is 29.2 Å². The van der Waals surface area contributed by atoms with Gasteiger partial charge in [0.25, 0.3) is 5.91 Å². The van der Waals surface area contributed by atoms with Crippen molar-refractivity contribution in [3.05, 3.63) is 59.7 Å². The Morgan fingerprint density at radius 3 is 2.81 bits per heavy atom. The summed E-state index contributed by atoms with van der Waals surface area (Å²) in [7, 11) is 1.30. The molecule has 136 valence electrons. The number of carbonyl (C=O) groups is 2. The molecule has 26 heavy (non-hydrogen) atoms. The summed E-state index contributed by atoms with van der Waals surface area (Å²) in [6, 6.07) is 13.6. The Balaban J connectivity index is 1.68. The number of esters is 1. The fourth-order valence-electron chi connectivity index (χ4n) is 2.77. The molecule has 1 amide bonds. The van der Waals surface area contributed by atoms with Gasteiger partial charge in [0.15, 0.2) is 0 Å². The lowest BCUT2D eigenvalue weighted by molar-refractivity contribution is 0.0602. The fraction of sp³-hybridized carbons (Fsp3) is 0.300. The standard InChI is InChI=1S/C20H21NO5/c1-24-20(23)17-9-2-3-10-18(17)21-19(22)14-6-4-7-15(12-14)26-13-16-8-5-11-25-16/h2-4,6-7,9-10,12,16H,5,8,11,13H2,1H3,(H,21,22)/t16-/m0/s1. The number of rotatable bonds is 6. The first kappa shape index (κ1) is 17.9. The summed E-state index contributed by atoms with van der Waals surface area (Å²) in [5, 5.41) is 2.75. The van der Waals surface area contributed by atoms with Crippen LogP contribution in [0, 0.1) is 0 Å². The summed E-state index contributed by atoms with van der Waals surface area (Å²) < 4.78 is 16.0. The van der Waals surface area contributed by atoms with E-state index in [-0.39, 0.29) is 12.0 Å². The van der Waals surface area contributed by atoms with Gasteiger partial charge in [0.1, 0.15) is 12.4 Å². The second kappa shape index (κ2) is 8.49. The van der Waals surface area contributed by atoms with Gasteiger partial charge in [0.05, 0.1) is 24.5 Å². The van der Waals surface area contributed by atoms with E-state index in [1.54, 1.807) is 48.5 Å². The second-order valence-corrected chi connectivity index (χ2v) is 5.97. The van der Waals surface area contributed by atoms with Crippen molar-refractivity contribution < 1.29 is 23.8 Å². The maximum Gasteiger partial charge on any atom is 0.339 e. The Morgan fingerprint density at radius 2 is 2.04 bits per heavy atom. The maximum absolute atomic E-state index is 12.5. The lowest BCUT2D eigenvalue weighted by atomic mass is 10.1. The predicted molar refractivity (Wildman–Crippen MR) is 96.6 cm³/mol. The molecule has 1 N–H and O–H groups in total. The molecule has 1 heterocycles. The highest BCUT2D eigenvalue weighted by molar-refractivity contribution is 6.08. The quantitative estimate of drug-likeness (QED) is 0.805. The van der Waals surface area contributed by atoms with Gasteiger partial charge in [0, 0.05) is 12.2 Å². The van der Waals surface area contributed by atoms with Crippen LogP contribution < -0.4 is 10.1 Å². The van der Waals surface area contributed by atoms with Crippen molar-refractivity contribution in [3.8, 4) is 5.75 Å². The fourth-order valence-corrected chi connectivity index (χ4v) is 2.77. The monoisotopic (exact) mass is 355 g/mol. The van der Waals surface area contributed by atoms with Gasteiger partial charge < -0.3 is 19.5 Å². The molecule has 0 aliphatic carbocycles. The van der Waals surface area contributed by atoms with E-state index < -0.39 is 5.97 Å². The number of anilines is 1. The first-order valence-electron chi connectivity index (χ1n) is 8.50. The average molecular weight is 355 g/mol. The van der Waals surface area contributed by atoms with Crippen LogP contribution in [-0.2, 0) is 9.47 Å². The van der Waals surface area contributed by atoms with Gasteiger partial charge in [-0.2, -0.15) is 0 Å². The van der Waals surface area contributed by atoms with Gasteiger partial charge in [-0.05, 0) is 43.2 Å². The molecule has 0 aromatic heterocycles. The number of methoxy groups -OCH3 is 1. The van der Waals surface area contributed by atoms with Gasteiger partial charge in [-0.3, -0.25) is 4.79 Å². The first-order valence-corrected chi connectivity index (χ1v) is 8.50. The average Bonchev–Trinajstić information content (AvgIpc) is 3.20. The molecule has 1 saturated heterocycles. The molecule has 1 aliphatic heterocycles. The Labute approximate surface area is 152 Å². The van der Waals surface area contributed by atoms with Gasteiger partial charge in [0.2, 0.25) is 0 Å². The van der Waals surface area contributed by atoms with Crippen molar-refractivity contribution in [1.82, 2.24) is 0 Å². The number of ether oxygens (including phenoxy) is 3. The summed E-state index contributed by atoms with van der Waals surface area (Å²) >= 11 is 0. The Bertz CT molecular complexity index is 783. The van der Waals surface area contributed by atoms with E-state index >= 15 is 0 Å². The number of amides is 1. The molecule has 1 aliphatic rings. The van der Waals surface area contributed by atoms with Crippen LogP contribution in [0.25, 0.3) is 0 Å². The summed E-state index contributed by atoms with van der Waals surface area (Å²) in [6.45, 7) is 1.24. The van der Waals surface area contributed by atoms with Crippen LogP contribution in [0.5, 0.6) is 5.75 Å². The van der Waals surface area contributed by atoms with Crippen LogP contribution in [0.1, 0.15) is 33.6 Å². The van der Waals surface area contributed by atoms with E-state index in [4.69, 9.17) is 14.2 Å². The summed E-state index contributed by atoms with van der Waals surface area (Å²) in [4.78, 5) is 24.4. The highest BCUT2D eigenvalue weighted by Gasteiger charge is 2.17. The molecule has 1 fully saturated rings. The van der Waals surface area contributed by atoms with Crippen LogP contribution in [0.3, 0.4) is 0 Å². The van der Waals surface area contributed by atoms with Crippen molar-refractivity contribution in [3.63, 3.8) is 0 Å². The molecule has 6 heteroatoms. The predicted octanol–water partition coefficient (Wildman–Crippen LogP) is 3.28. The van der Waals surface area contributed by atoms with Crippen LogP contribution in [-0.4, -0.2) is 38.3 Å². The van der Waals surface area contributed by atoms with Crippen LogP contribution >= 0.6 is 0 Å².